The Kier molecular flexibility index (Phi) is 6.41. The summed E-state index contributed by atoms with van der Waals surface area (Å²) in [4.78, 5) is 12.2. The van der Waals surface area contributed by atoms with Crippen molar-refractivity contribution in [3.63, 3.8) is 0 Å². The van der Waals surface area contributed by atoms with Crippen LogP contribution < -0.4 is 15.4 Å². The number of hydrogen-bond acceptors (Lipinski definition) is 4. The smallest absolute Gasteiger partial charge is 0.319 e. The predicted octanol–water partition coefficient (Wildman–Crippen LogP) is 4.86. The minimum absolute atomic E-state index is 0.231. The highest BCUT2D eigenvalue weighted by atomic mass is 35.5. The zero-order chi connectivity index (χ0) is 20.9. The summed E-state index contributed by atoms with van der Waals surface area (Å²) < 4.78 is 28.7. The number of hydrogen-bond donors (Lipinski definition) is 2. The lowest BCUT2D eigenvalue weighted by Gasteiger charge is -2.10. The number of anilines is 1. The molecule has 2 N–H and O–H groups in total. The molecule has 0 unspecified atom stereocenters. The molecule has 0 bridgehead atoms. The van der Waals surface area contributed by atoms with Crippen molar-refractivity contribution in [2.45, 2.75) is 11.4 Å². The standard InChI is InChI=1S/C21H19ClN2O4S/c1-29(26,27)20-12-10-19(11-13-20)28-18-8-6-17(7-9-18)24-21(25)23-14-15-2-4-16(22)5-3-15/h2-13H,14H2,1H3,(H2,23,24,25). The molecule has 0 aliphatic carbocycles. The van der Waals surface area contributed by atoms with Crippen molar-refractivity contribution in [1.29, 1.82) is 0 Å². The number of urea groups is 1. The molecule has 3 aromatic rings. The SMILES string of the molecule is CS(=O)(=O)c1ccc(Oc2ccc(NC(=O)NCc3ccc(Cl)cc3)cc2)cc1. The third-order valence-corrected chi connectivity index (χ3v) is 5.35. The van der Waals surface area contributed by atoms with Gasteiger partial charge in [-0.25, -0.2) is 13.2 Å². The Balaban J connectivity index is 1.53. The fourth-order valence-corrected chi connectivity index (χ4v) is 3.21. The van der Waals surface area contributed by atoms with Gasteiger partial charge in [-0.2, -0.15) is 0 Å². The van der Waals surface area contributed by atoms with E-state index in [1.165, 1.54) is 12.1 Å². The number of nitrogens with one attached hydrogen (secondary N) is 2. The quantitative estimate of drug-likeness (QED) is 0.585. The van der Waals surface area contributed by atoms with Crippen molar-refractivity contribution in [2.75, 3.05) is 11.6 Å². The summed E-state index contributed by atoms with van der Waals surface area (Å²) >= 11 is 5.84. The van der Waals surface area contributed by atoms with Crippen LogP contribution in [0.4, 0.5) is 10.5 Å². The molecular weight excluding hydrogens is 412 g/mol. The van der Waals surface area contributed by atoms with Gasteiger partial charge in [0.2, 0.25) is 0 Å². The van der Waals surface area contributed by atoms with Gasteiger partial charge >= 0.3 is 6.03 Å². The second-order valence-corrected chi connectivity index (χ2v) is 8.76. The Morgan fingerprint density at radius 2 is 1.45 bits per heavy atom. The maximum absolute atomic E-state index is 12.0. The molecule has 0 saturated heterocycles. The summed E-state index contributed by atoms with van der Waals surface area (Å²) in [5, 5.41) is 6.15. The average Bonchev–Trinajstić information content (AvgIpc) is 2.69. The van der Waals surface area contributed by atoms with Crippen LogP contribution >= 0.6 is 11.6 Å². The second kappa shape index (κ2) is 8.98. The summed E-state index contributed by atoms with van der Waals surface area (Å²) in [5.41, 5.74) is 1.55. The highest BCUT2D eigenvalue weighted by Crippen LogP contribution is 2.24. The number of amides is 2. The van der Waals surface area contributed by atoms with Crippen LogP contribution in [0.5, 0.6) is 11.5 Å². The van der Waals surface area contributed by atoms with Crippen molar-refractivity contribution in [3.8, 4) is 11.5 Å². The number of carbonyl (C=O) groups is 1. The summed E-state index contributed by atoms with van der Waals surface area (Å²) in [5.74, 6) is 1.07. The van der Waals surface area contributed by atoms with Crippen LogP contribution in [0.3, 0.4) is 0 Å². The highest BCUT2D eigenvalue weighted by molar-refractivity contribution is 7.90. The van der Waals surface area contributed by atoms with Crippen LogP contribution in [-0.4, -0.2) is 20.7 Å². The zero-order valence-electron chi connectivity index (χ0n) is 15.6. The van der Waals surface area contributed by atoms with Gasteiger partial charge in [0, 0.05) is 23.5 Å². The molecule has 8 heteroatoms. The number of rotatable bonds is 6. The van der Waals surface area contributed by atoms with E-state index in [4.69, 9.17) is 16.3 Å². The van der Waals surface area contributed by atoms with E-state index in [9.17, 15) is 13.2 Å². The van der Waals surface area contributed by atoms with E-state index < -0.39 is 9.84 Å². The van der Waals surface area contributed by atoms with Crippen molar-refractivity contribution in [2.24, 2.45) is 0 Å². The largest absolute Gasteiger partial charge is 0.457 e. The van der Waals surface area contributed by atoms with E-state index in [0.717, 1.165) is 11.8 Å². The maximum atomic E-state index is 12.0. The molecule has 0 heterocycles. The van der Waals surface area contributed by atoms with E-state index in [1.54, 1.807) is 48.5 Å². The molecule has 0 aliphatic rings. The number of ether oxygens (including phenoxy) is 1. The first-order valence-corrected chi connectivity index (χ1v) is 10.9. The van der Waals surface area contributed by atoms with Crippen LogP contribution in [-0.2, 0) is 16.4 Å². The van der Waals surface area contributed by atoms with Gasteiger partial charge in [0.15, 0.2) is 9.84 Å². The van der Waals surface area contributed by atoms with E-state index >= 15 is 0 Å². The van der Waals surface area contributed by atoms with Gasteiger partial charge in [-0.15, -0.1) is 0 Å². The predicted molar refractivity (Wildman–Crippen MR) is 113 cm³/mol. The molecule has 0 radical (unpaired) electrons. The number of benzene rings is 3. The lowest BCUT2D eigenvalue weighted by molar-refractivity contribution is 0.251. The first-order chi connectivity index (χ1) is 13.8. The van der Waals surface area contributed by atoms with Crippen LogP contribution in [0, 0.1) is 0 Å². The molecule has 3 rings (SSSR count). The van der Waals surface area contributed by atoms with E-state index in [0.29, 0.717) is 28.8 Å². The van der Waals surface area contributed by atoms with Crippen LogP contribution in [0.25, 0.3) is 0 Å². The maximum Gasteiger partial charge on any atom is 0.319 e. The molecular formula is C21H19ClN2O4S. The third kappa shape index (κ3) is 6.23. The van der Waals surface area contributed by atoms with Gasteiger partial charge < -0.3 is 15.4 Å². The minimum Gasteiger partial charge on any atom is -0.457 e. The molecule has 0 atom stereocenters. The zero-order valence-corrected chi connectivity index (χ0v) is 17.1. The summed E-state index contributed by atoms with van der Waals surface area (Å²) in [7, 11) is -3.24. The molecule has 0 aliphatic heterocycles. The van der Waals surface area contributed by atoms with Crippen LogP contribution in [0.15, 0.2) is 77.7 Å². The Labute approximate surface area is 174 Å². The summed E-state index contributed by atoms with van der Waals surface area (Å²) in [6.45, 7) is 0.383. The molecule has 0 spiro atoms. The highest BCUT2D eigenvalue weighted by Gasteiger charge is 2.07. The van der Waals surface area contributed by atoms with Crippen molar-refractivity contribution < 1.29 is 17.9 Å². The van der Waals surface area contributed by atoms with Gasteiger partial charge in [-0.1, -0.05) is 23.7 Å². The number of carbonyl (C=O) groups excluding carboxylic acids is 1. The van der Waals surface area contributed by atoms with Crippen molar-refractivity contribution >= 4 is 33.2 Å². The molecule has 2 amide bonds. The fourth-order valence-electron chi connectivity index (χ4n) is 2.46. The van der Waals surface area contributed by atoms with Gasteiger partial charge in [0.05, 0.1) is 4.90 Å². The Morgan fingerprint density at radius 3 is 2.00 bits per heavy atom. The average molecular weight is 431 g/mol. The van der Waals surface area contributed by atoms with Crippen molar-refractivity contribution in [1.82, 2.24) is 5.32 Å². The lowest BCUT2D eigenvalue weighted by Crippen LogP contribution is -2.28. The fraction of sp³-hybridized carbons (Fsp3) is 0.0952. The summed E-state index contributed by atoms with van der Waals surface area (Å²) in [6, 6.07) is 19.9. The lowest BCUT2D eigenvalue weighted by atomic mass is 10.2. The molecule has 0 saturated carbocycles. The van der Waals surface area contributed by atoms with Gasteiger partial charge in [-0.05, 0) is 66.2 Å². The first kappa shape index (κ1) is 20.7. The molecule has 150 valence electrons. The van der Waals surface area contributed by atoms with E-state index in [1.807, 2.05) is 12.1 Å². The molecule has 0 aromatic heterocycles. The molecule has 29 heavy (non-hydrogen) atoms. The van der Waals surface area contributed by atoms with Crippen LogP contribution in [0.2, 0.25) is 5.02 Å². The third-order valence-electron chi connectivity index (χ3n) is 3.97. The van der Waals surface area contributed by atoms with Gasteiger partial charge in [0.1, 0.15) is 11.5 Å². The summed E-state index contributed by atoms with van der Waals surface area (Å²) in [6.07, 6.45) is 1.15. The number of halogens is 1. The Hall–Kier alpha value is -3.03. The number of sulfone groups is 1. The van der Waals surface area contributed by atoms with Crippen molar-refractivity contribution in [3.05, 3.63) is 83.4 Å². The van der Waals surface area contributed by atoms with Crippen LogP contribution in [0.1, 0.15) is 5.56 Å². The Morgan fingerprint density at radius 1 is 0.897 bits per heavy atom. The first-order valence-electron chi connectivity index (χ1n) is 8.67. The van der Waals surface area contributed by atoms with Gasteiger partial charge in [0.25, 0.3) is 0 Å². The molecule has 3 aromatic carbocycles. The molecule has 0 fully saturated rings. The normalized spacial score (nSPS) is 11.0. The molecule has 6 nitrogen and oxygen atoms in total. The van der Waals surface area contributed by atoms with E-state index in [-0.39, 0.29) is 10.9 Å². The second-order valence-electron chi connectivity index (χ2n) is 6.30. The Bertz CT molecular complexity index is 1080. The van der Waals surface area contributed by atoms with E-state index in [2.05, 4.69) is 10.6 Å². The minimum atomic E-state index is -3.24. The monoisotopic (exact) mass is 430 g/mol. The topological polar surface area (TPSA) is 84.5 Å². The van der Waals surface area contributed by atoms with Gasteiger partial charge in [-0.3, -0.25) is 0 Å².